The Hall–Kier alpha value is -0.940. The number of rotatable bonds is 4. The Morgan fingerprint density at radius 1 is 1.57 bits per heavy atom. The van der Waals surface area contributed by atoms with Crippen molar-refractivity contribution in [2.45, 2.75) is 43.8 Å². The van der Waals surface area contributed by atoms with Crippen molar-refractivity contribution in [3.05, 3.63) is 10.7 Å². The number of hydrogen-bond donors (Lipinski definition) is 3. The van der Waals surface area contributed by atoms with Crippen LogP contribution in [0.15, 0.2) is 10.7 Å². The molecule has 2 heterocycles. The lowest BCUT2D eigenvalue weighted by Crippen LogP contribution is -2.72. The molecule has 4 unspecified atom stereocenters. The Kier molecular flexibility index (Phi) is 4.73. The molecule has 0 aliphatic carbocycles. The molecule has 1 saturated heterocycles. The molecule has 0 bridgehead atoms. The number of hydrogen-bond acceptors (Lipinski definition) is 4. The fourth-order valence-electron chi connectivity index (χ4n) is 2.57. The molecular formula is C13H19ClN2O4P+. The molecule has 0 spiro atoms. The second kappa shape index (κ2) is 6.05. The summed E-state index contributed by atoms with van der Waals surface area (Å²) in [4.78, 5) is 25.5. The first-order valence-electron chi connectivity index (χ1n) is 6.67. The molecule has 2 rings (SSSR count). The van der Waals surface area contributed by atoms with Gasteiger partial charge in [0.25, 0.3) is 11.8 Å². The molecule has 8 heteroatoms. The monoisotopic (exact) mass is 333 g/mol. The van der Waals surface area contributed by atoms with E-state index in [4.69, 9.17) is 11.6 Å². The number of allylic oxidation sites excluding steroid dienone is 1. The summed E-state index contributed by atoms with van der Waals surface area (Å²) >= 11 is 5.96. The summed E-state index contributed by atoms with van der Waals surface area (Å²) < 4.78 is 0. The summed E-state index contributed by atoms with van der Waals surface area (Å²) in [6.45, 7) is 3.69. The van der Waals surface area contributed by atoms with Crippen molar-refractivity contribution in [3.8, 4) is 0 Å². The van der Waals surface area contributed by atoms with E-state index in [2.05, 4.69) is 11.6 Å². The molecule has 2 aliphatic heterocycles. The smallest absolute Gasteiger partial charge is 0.268 e. The number of β-lactam (4-membered cyclic amide) rings is 1. The van der Waals surface area contributed by atoms with Crippen LogP contribution in [0.1, 0.15) is 19.8 Å². The van der Waals surface area contributed by atoms with Gasteiger partial charge in [0.2, 0.25) is 0 Å². The Balaban J connectivity index is 2.11. The molecule has 2 aliphatic rings. The Morgan fingerprint density at radius 3 is 2.71 bits per heavy atom. The summed E-state index contributed by atoms with van der Waals surface area (Å²) in [5.74, 6) is -0.547. The van der Waals surface area contributed by atoms with E-state index in [0.717, 1.165) is 0 Å². The molecule has 3 N–H and O–H groups in total. The van der Waals surface area contributed by atoms with Crippen LogP contribution in [0.5, 0.6) is 0 Å². The van der Waals surface area contributed by atoms with Crippen molar-refractivity contribution >= 4 is 37.3 Å². The zero-order valence-corrected chi connectivity index (χ0v) is 13.6. The number of carbonyl (C=O) groups is 2. The van der Waals surface area contributed by atoms with Crippen LogP contribution in [0, 0.1) is 0 Å². The highest BCUT2D eigenvalue weighted by Crippen LogP contribution is 2.39. The Bertz CT molecular complexity index is 534. The number of amides is 2. The SMILES string of the molecule is C=[P+](C)C(C)C(=O)NC1C(=O)N2C(C(O)O)=C(Cl)CCC12. The van der Waals surface area contributed by atoms with Crippen molar-refractivity contribution in [3.63, 3.8) is 0 Å². The predicted octanol–water partition coefficient (Wildman–Crippen LogP) is 0.169. The van der Waals surface area contributed by atoms with Gasteiger partial charge >= 0.3 is 0 Å². The highest BCUT2D eigenvalue weighted by molar-refractivity contribution is 7.56. The largest absolute Gasteiger partial charge is 0.363 e. The van der Waals surface area contributed by atoms with E-state index in [1.165, 1.54) is 4.90 Å². The fraction of sp³-hybridized carbons (Fsp3) is 0.615. The van der Waals surface area contributed by atoms with Gasteiger partial charge in [0.1, 0.15) is 6.04 Å². The van der Waals surface area contributed by atoms with Crippen molar-refractivity contribution in [1.29, 1.82) is 0 Å². The zero-order chi connectivity index (χ0) is 15.9. The topological polar surface area (TPSA) is 89.9 Å². The average molecular weight is 334 g/mol. The molecule has 0 aromatic rings. The molecule has 4 atom stereocenters. The summed E-state index contributed by atoms with van der Waals surface area (Å²) in [5.41, 5.74) is -0.196. The maximum Gasteiger partial charge on any atom is 0.268 e. The minimum Gasteiger partial charge on any atom is -0.363 e. The number of halogens is 1. The number of aliphatic hydroxyl groups is 2. The molecule has 0 saturated carbocycles. The average Bonchev–Trinajstić information content (AvgIpc) is 2.42. The third-order valence-corrected chi connectivity index (χ3v) is 5.94. The first-order chi connectivity index (χ1) is 9.75. The van der Waals surface area contributed by atoms with E-state index >= 15 is 0 Å². The van der Waals surface area contributed by atoms with Crippen molar-refractivity contribution in [2.24, 2.45) is 0 Å². The normalized spacial score (nSPS) is 27.2. The summed E-state index contributed by atoms with van der Waals surface area (Å²) in [5, 5.41) is 21.7. The van der Waals surface area contributed by atoms with Gasteiger partial charge in [0, 0.05) is 5.03 Å². The Labute approximate surface area is 129 Å². The minimum atomic E-state index is -1.79. The maximum atomic E-state index is 12.2. The van der Waals surface area contributed by atoms with E-state index in [9.17, 15) is 19.8 Å². The molecule has 116 valence electrons. The summed E-state index contributed by atoms with van der Waals surface area (Å²) in [7, 11) is -0.670. The first-order valence-corrected chi connectivity index (χ1v) is 9.09. The van der Waals surface area contributed by atoms with Crippen LogP contribution >= 0.6 is 19.1 Å². The number of nitrogens with one attached hydrogen (secondary N) is 1. The third-order valence-electron chi connectivity index (χ3n) is 4.00. The fourth-order valence-corrected chi connectivity index (χ4v) is 3.34. The Morgan fingerprint density at radius 2 is 2.19 bits per heavy atom. The molecule has 2 amide bonds. The zero-order valence-electron chi connectivity index (χ0n) is 11.9. The lowest BCUT2D eigenvalue weighted by Gasteiger charge is -2.51. The third kappa shape index (κ3) is 2.86. The molecule has 21 heavy (non-hydrogen) atoms. The first kappa shape index (κ1) is 16.4. The van der Waals surface area contributed by atoms with Crippen LogP contribution in [0.25, 0.3) is 0 Å². The molecule has 0 aromatic heterocycles. The van der Waals surface area contributed by atoms with Crippen LogP contribution in [0.2, 0.25) is 0 Å². The maximum absolute atomic E-state index is 12.2. The standard InChI is InChI=1S/C13H18ClN2O4P/c1-6(21(2)3)11(17)15-9-8-5-4-7(14)10(13(19)20)16(8)12(9)18/h6,8-9,13,19-20H,2,4-5H2,1,3H3/p+1. The summed E-state index contributed by atoms with van der Waals surface area (Å²) in [6, 6.07) is -0.880. The minimum absolute atomic E-state index is 0.0337. The van der Waals surface area contributed by atoms with Gasteiger partial charge < -0.3 is 20.4 Å². The van der Waals surface area contributed by atoms with Crippen molar-refractivity contribution in [2.75, 3.05) is 6.66 Å². The number of nitrogens with zero attached hydrogens (tertiary/aromatic N) is 1. The number of aliphatic hydroxyl groups excluding tert-OH is 1. The van der Waals surface area contributed by atoms with Crippen LogP contribution in [-0.4, -0.2) is 63.9 Å². The van der Waals surface area contributed by atoms with Gasteiger partial charge in [-0.05, 0) is 19.8 Å². The van der Waals surface area contributed by atoms with Crippen LogP contribution < -0.4 is 5.32 Å². The molecule has 0 aromatic carbocycles. The molecule has 1 fully saturated rings. The second-order valence-corrected chi connectivity index (χ2v) is 8.14. The highest BCUT2D eigenvalue weighted by atomic mass is 35.5. The van der Waals surface area contributed by atoms with Gasteiger partial charge in [0.05, 0.1) is 32.2 Å². The lowest BCUT2D eigenvalue weighted by molar-refractivity contribution is -0.156. The van der Waals surface area contributed by atoms with Crippen LogP contribution in [-0.2, 0) is 9.59 Å². The van der Waals surface area contributed by atoms with E-state index in [0.29, 0.717) is 12.8 Å². The number of fused-ring (bicyclic) bond motifs is 1. The van der Waals surface area contributed by atoms with Crippen LogP contribution in [0.3, 0.4) is 0 Å². The van der Waals surface area contributed by atoms with E-state index < -0.39 is 19.9 Å². The quantitative estimate of drug-likeness (QED) is 0.389. The van der Waals surface area contributed by atoms with Gasteiger partial charge in [-0.15, -0.1) is 0 Å². The highest BCUT2D eigenvalue weighted by Gasteiger charge is 2.53. The van der Waals surface area contributed by atoms with Gasteiger partial charge in [-0.1, -0.05) is 11.6 Å². The van der Waals surface area contributed by atoms with Gasteiger partial charge in [-0.25, -0.2) is 0 Å². The summed E-state index contributed by atoms with van der Waals surface area (Å²) in [6.07, 6.45) is 3.13. The molecular weight excluding hydrogens is 315 g/mol. The van der Waals surface area contributed by atoms with Crippen LogP contribution in [0.4, 0.5) is 0 Å². The molecule has 0 radical (unpaired) electrons. The van der Waals surface area contributed by atoms with Crippen molar-refractivity contribution < 1.29 is 19.8 Å². The van der Waals surface area contributed by atoms with Crippen molar-refractivity contribution in [1.82, 2.24) is 10.2 Å². The van der Waals surface area contributed by atoms with E-state index in [-0.39, 0.29) is 34.2 Å². The van der Waals surface area contributed by atoms with Gasteiger partial charge in [-0.3, -0.25) is 9.59 Å². The second-order valence-electron chi connectivity index (χ2n) is 5.40. The van der Waals surface area contributed by atoms with Gasteiger partial charge in [-0.2, -0.15) is 0 Å². The predicted molar refractivity (Wildman–Crippen MR) is 82.3 cm³/mol. The molecule has 6 nitrogen and oxygen atoms in total. The van der Waals surface area contributed by atoms with E-state index in [1.807, 2.05) is 6.66 Å². The van der Waals surface area contributed by atoms with E-state index in [1.54, 1.807) is 6.92 Å². The number of carbonyl (C=O) groups excluding carboxylic acids is 2. The van der Waals surface area contributed by atoms with Gasteiger partial charge in [0.15, 0.2) is 11.9 Å². The lowest BCUT2D eigenvalue weighted by atomic mass is 9.86.